The van der Waals surface area contributed by atoms with Gasteiger partial charge >= 0.3 is 0 Å². The van der Waals surface area contributed by atoms with Crippen LogP contribution in [0.2, 0.25) is 0 Å². The van der Waals surface area contributed by atoms with Crippen LogP contribution in [-0.4, -0.2) is 33.6 Å². The minimum atomic E-state index is -0.160. The highest BCUT2D eigenvalue weighted by Crippen LogP contribution is 2.32. The van der Waals surface area contributed by atoms with Crippen LogP contribution < -0.4 is 5.32 Å². The van der Waals surface area contributed by atoms with Gasteiger partial charge in [0.2, 0.25) is 5.91 Å². The number of carbonyl (C=O) groups excluding carboxylic acids is 2. The lowest BCUT2D eigenvalue weighted by Crippen LogP contribution is -2.39. The van der Waals surface area contributed by atoms with Gasteiger partial charge in [0, 0.05) is 25.1 Å². The summed E-state index contributed by atoms with van der Waals surface area (Å²) in [6.07, 6.45) is 9.23. The molecule has 1 saturated heterocycles. The lowest BCUT2D eigenvalue weighted by atomic mass is 9.95. The molecule has 3 rings (SSSR count). The quantitative estimate of drug-likeness (QED) is 0.641. The summed E-state index contributed by atoms with van der Waals surface area (Å²) in [5, 5.41) is 3.06. The van der Waals surface area contributed by atoms with E-state index in [9.17, 15) is 9.59 Å². The highest BCUT2D eigenvalue weighted by molar-refractivity contribution is 8.26. The minimum absolute atomic E-state index is 0.00837. The maximum absolute atomic E-state index is 12.4. The molecule has 5 nitrogen and oxygen atoms in total. The van der Waals surface area contributed by atoms with Crippen molar-refractivity contribution in [2.75, 3.05) is 6.54 Å². The number of nitrogens with zero attached hydrogens (tertiary/aromatic N) is 1. The van der Waals surface area contributed by atoms with Crippen LogP contribution >= 0.6 is 24.0 Å². The van der Waals surface area contributed by atoms with E-state index < -0.39 is 0 Å². The number of nitrogens with one attached hydrogen (secondary N) is 1. The second kappa shape index (κ2) is 7.98. The molecule has 0 unspecified atom stereocenters. The molecule has 0 spiro atoms. The zero-order valence-electron chi connectivity index (χ0n) is 13.3. The Labute approximate surface area is 150 Å². The van der Waals surface area contributed by atoms with E-state index in [0.29, 0.717) is 21.5 Å². The van der Waals surface area contributed by atoms with Gasteiger partial charge in [-0.05, 0) is 25.0 Å². The lowest BCUT2D eigenvalue weighted by Gasteiger charge is -2.23. The number of rotatable bonds is 5. The van der Waals surface area contributed by atoms with E-state index in [1.54, 1.807) is 24.5 Å². The first-order chi connectivity index (χ1) is 11.6. The van der Waals surface area contributed by atoms with E-state index in [0.717, 1.165) is 12.8 Å². The topological polar surface area (TPSA) is 62.6 Å². The summed E-state index contributed by atoms with van der Waals surface area (Å²) in [4.78, 5) is 26.5. The number of hydrogen-bond donors (Lipinski definition) is 1. The molecule has 1 saturated carbocycles. The first-order valence-electron chi connectivity index (χ1n) is 8.22. The molecule has 128 valence electrons. The highest BCUT2D eigenvalue weighted by atomic mass is 32.2. The van der Waals surface area contributed by atoms with Crippen LogP contribution in [0.15, 0.2) is 27.7 Å². The van der Waals surface area contributed by atoms with Crippen molar-refractivity contribution in [3.63, 3.8) is 0 Å². The first-order valence-corrected chi connectivity index (χ1v) is 9.44. The van der Waals surface area contributed by atoms with Crippen LogP contribution in [0.3, 0.4) is 0 Å². The fourth-order valence-corrected chi connectivity index (χ4v) is 4.24. The lowest BCUT2D eigenvalue weighted by molar-refractivity contribution is -0.124. The van der Waals surface area contributed by atoms with Gasteiger partial charge in [-0.25, -0.2) is 0 Å². The average Bonchev–Trinajstić information content (AvgIpc) is 3.16. The van der Waals surface area contributed by atoms with Crippen LogP contribution in [-0.2, 0) is 9.59 Å². The first kappa shape index (κ1) is 17.2. The van der Waals surface area contributed by atoms with Crippen molar-refractivity contribution in [1.29, 1.82) is 0 Å². The summed E-state index contributed by atoms with van der Waals surface area (Å²) in [7, 11) is 0. The molecule has 1 aromatic heterocycles. The predicted molar refractivity (Wildman–Crippen MR) is 98.2 cm³/mol. The molecule has 2 amide bonds. The Bertz CT molecular complexity index is 649. The van der Waals surface area contributed by atoms with E-state index in [4.69, 9.17) is 16.6 Å². The predicted octanol–water partition coefficient (Wildman–Crippen LogP) is 3.32. The number of thiocarbonyl (C=S) groups is 1. The molecule has 2 fully saturated rings. The normalized spacial score (nSPS) is 20.8. The van der Waals surface area contributed by atoms with Crippen molar-refractivity contribution < 1.29 is 14.0 Å². The molecular formula is C17H20N2O3S2. The summed E-state index contributed by atoms with van der Waals surface area (Å²) in [5.74, 6) is 0.448. The van der Waals surface area contributed by atoms with Crippen molar-refractivity contribution in [1.82, 2.24) is 10.2 Å². The molecule has 2 heterocycles. The molecule has 0 atom stereocenters. The number of hydrogen-bond acceptors (Lipinski definition) is 5. The third kappa shape index (κ3) is 4.27. The van der Waals surface area contributed by atoms with Gasteiger partial charge in [0.05, 0.1) is 11.2 Å². The summed E-state index contributed by atoms with van der Waals surface area (Å²) in [6.45, 7) is 0.318. The summed E-state index contributed by atoms with van der Waals surface area (Å²) in [5.41, 5.74) is 0. The van der Waals surface area contributed by atoms with Crippen molar-refractivity contribution in [3.05, 3.63) is 29.1 Å². The zero-order valence-corrected chi connectivity index (χ0v) is 15.0. The van der Waals surface area contributed by atoms with Gasteiger partial charge in [0.25, 0.3) is 5.91 Å². The number of thioether (sulfide) groups is 1. The van der Waals surface area contributed by atoms with E-state index >= 15 is 0 Å². The zero-order chi connectivity index (χ0) is 16.9. The Morgan fingerprint density at radius 2 is 2.21 bits per heavy atom. The highest BCUT2D eigenvalue weighted by Gasteiger charge is 2.32. The molecule has 24 heavy (non-hydrogen) atoms. The molecule has 2 aliphatic rings. The molecule has 0 bridgehead atoms. The molecule has 0 aromatic carbocycles. The maximum atomic E-state index is 12.4. The standard InChI is InChI=1S/C17H20N2O3S2/c20-15(18-12-5-2-1-3-6-12)8-9-19-16(21)14(24-17(19)23)11-13-7-4-10-22-13/h4,7,10-12H,1-3,5-6,8-9H2,(H,18,20). The maximum Gasteiger partial charge on any atom is 0.266 e. The molecule has 1 aliphatic carbocycles. The monoisotopic (exact) mass is 364 g/mol. The van der Waals surface area contributed by atoms with Crippen LogP contribution in [0, 0.1) is 0 Å². The fraction of sp³-hybridized carbons (Fsp3) is 0.471. The van der Waals surface area contributed by atoms with Crippen LogP contribution in [0.25, 0.3) is 6.08 Å². The Morgan fingerprint density at radius 1 is 1.42 bits per heavy atom. The van der Waals surface area contributed by atoms with Crippen LogP contribution in [0.1, 0.15) is 44.3 Å². The molecule has 7 heteroatoms. The molecule has 1 aliphatic heterocycles. The van der Waals surface area contributed by atoms with Crippen LogP contribution in [0.5, 0.6) is 0 Å². The number of amides is 2. The van der Waals surface area contributed by atoms with Crippen molar-refractivity contribution in [3.8, 4) is 0 Å². The third-order valence-corrected chi connectivity index (χ3v) is 5.60. The fourth-order valence-electron chi connectivity index (χ4n) is 2.96. The van der Waals surface area contributed by atoms with E-state index in [-0.39, 0.29) is 24.3 Å². The van der Waals surface area contributed by atoms with E-state index in [1.807, 2.05) is 0 Å². The Kier molecular flexibility index (Phi) is 5.73. The van der Waals surface area contributed by atoms with E-state index in [1.165, 1.54) is 35.9 Å². The summed E-state index contributed by atoms with van der Waals surface area (Å²) in [6, 6.07) is 3.84. The summed E-state index contributed by atoms with van der Waals surface area (Å²) >= 11 is 6.51. The second-order valence-electron chi connectivity index (χ2n) is 6.00. The third-order valence-electron chi connectivity index (χ3n) is 4.22. The SMILES string of the molecule is O=C(CCN1C(=O)C(=Cc2ccco2)SC1=S)NC1CCCCC1. The van der Waals surface area contributed by atoms with Crippen LogP contribution in [0.4, 0.5) is 0 Å². The van der Waals surface area contributed by atoms with Gasteiger partial charge in [-0.15, -0.1) is 0 Å². The Balaban J connectivity index is 1.52. The van der Waals surface area contributed by atoms with Gasteiger partial charge in [0.15, 0.2) is 0 Å². The van der Waals surface area contributed by atoms with Crippen molar-refractivity contribution >= 4 is 46.2 Å². The summed E-state index contributed by atoms with van der Waals surface area (Å²) < 4.78 is 5.72. The Hall–Kier alpha value is -1.60. The smallest absolute Gasteiger partial charge is 0.266 e. The van der Waals surface area contributed by atoms with Gasteiger partial charge in [0.1, 0.15) is 10.1 Å². The molecule has 1 aromatic rings. The molecule has 0 radical (unpaired) electrons. The minimum Gasteiger partial charge on any atom is -0.465 e. The van der Waals surface area contributed by atoms with Gasteiger partial charge in [-0.2, -0.15) is 0 Å². The van der Waals surface area contributed by atoms with Gasteiger partial charge in [-0.3, -0.25) is 14.5 Å². The van der Waals surface area contributed by atoms with Gasteiger partial charge in [-0.1, -0.05) is 43.2 Å². The van der Waals surface area contributed by atoms with Crippen molar-refractivity contribution in [2.45, 2.75) is 44.6 Å². The number of furan rings is 1. The molecule has 1 N–H and O–H groups in total. The van der Waals surface area contributed by atoms with Crippen molar-refractivity contribution in [2.24, 2.45) is 0 Å². The largest absolute Gasteiger partial charge is 0.465 e. The Morgan fingerprint density at radius 3 is 2.92 bits per heavy atom. The molecular weight excluding hydrogens is 344 g/mol. The van der Waals surface area contributed by atoms with Gasteiger partial charge < -0.3 is 9.73 Å². The second-order valence-corrected chi connectivity index (χ2v) is 7.68. The average molecular weight is 364 g/mol. The van der Waals surface area contributed by atoms with E-state index in [2.05, 4.69) is 5.32 Å². The number of carbonyl (C=O) groups is 2.